The molecule has 24 heavy (non-hydrogen) atoms. The minimum atomic E-state index is -0.183. The van der Waals surface area contributed by atoms with Gasteiger partial charge in [-0.05, 0) is 23.6 Å². The quantitative estimate of drug-likeness (QED) is 0.715. The van der Waals surface area contributed by atoms with Crippen molar-refractivity contribution in [3.63, 3.8) is 0 Å². The van der Waals surface area contributed by atoms with Crippen LogP contribution in [0, 0.1) is 0 Å². The molecule has 0 atom stereocenters. The number of ether oxygens (including phenoxy) is 1. The fourth-order valence-corrected chi connectivity index (χ4v) is 2.87. The van der Waals surface area contributed by atoms with Gasteiger partial charge in [-0.3, -0.25) is 4.79 Å². The Bertz CT molecular complexity index is 833. The van der Waals surface area contributed by atoms with Gasteiger partial charge in [0.05, 0.1) is 17.8 Å². The summed E-state index contributed by atoms with van der Waals surface area (Å²) in [5.74, 6) is 1.40. The van der Waals surface area contributed by atoms with Gasteiger partial charge >= 0.3 is 0 Å². The Morgan fingerprint density at radius 2 is 2.29 bits per heavy atom. The van der Waals surface area contributed by atoms with Crippen molar-refractivity contribution in [2.24, 2.45) is 0 Å². The molecule has 0 radical (unpaired) electrons. The number of halogens is 1. The zero-order chi connectivity index (χ0) is 16.9. The average molecular weight is 364 g/mol. The number of benzene rings is 1. The molecular formula is C16H14ClN3O3S. The summed E-state index contributed by atoms with van der Waals surface area (Å²) in [5.41, 5.74) is 1.44. The van der Waals surface area contributed by atoms with Crippen LogP contribution in [0.3, 0.4) is 0 Å². The number of methoxy groups -OCH3 is 1. The molecule has 6 nitrogen and oxygen atoms in total. The first-order valence-corrected chi connectivity index (χ1v) is 8.46. The van der Waals surface area contributed by atoms with Crippen LogP contribution in [0.4, 0.5) is 5.69 Å². The highest BCUT2D eigenvalue weighted by Gasteiger charge is 2.12. The van der Waals surface area contributed by atoms with Crippen LogP contribution in [0.25, 0.3) is 11.4 Å². The first-order valence-electron chi connectivity index (χ1n) is 7.14. The van der Waals surface area contributed by atoms with Gasteiger partial charge in [-0.1, -0.05) is 16.8 Å². The van der Waals surface area contributed by atoms with Crippen LogP contribution >= 0.6 is 22.9 Å². The normalized spacial score (nSPS) is 10.6. The predicted octanol–water partition coefficient (Wildman–Crippen LogP) is 4.03. The second-order valence-electron chi connectivity index (χ2n) is 4.92. The Morgan fingerprint density at radius 1 is 1.42 bits per heavy atom. The Hall–Kier alpha value is -2.38. The molecular weight excluding hydrogens is 350 g/mol. The van der Waals surface area contributed by atoms with Gasteiger partial charge in [0.1, 0.15) is 5.75 Å². The van der Waals surface area contributed by atoms with E-state index in [0.29, 0.717) is 34.6 Å². The highest BCUT2D eigenvalue weighted by Crippen LogP contribution is 2.26. The smallest absolute Gasteiger partial charge is 0.227 e. The number of hydrogen-bond donors (Lipinski definition) is 1. The molecule has 124 valence electrons. The van der Waals surface area contributed by atoms with Crippen molar-refractivity contribution < 1.29 is 14.1 Å². The minimum Gasteiger partial charge on any atom is -0.497 e. The zero-order valence-electron chi connectivity index (χ0n) is 12.8. The molecule has 3 aromatic rings. The fourth-order valence-electron chi connectivity index (χ4n) is 2.02. The van der Waals surface area contributed by atoms with Crippen molar-refractivity contribution in [3.8, 4) is 17.1 Å². The predicted molar refractivity (Wildman–Crippen MR) is 92.6 cm³/mol. The molecule has 0 spiro atoms. The third-order valence-corrected chi connectivity index (χ3v) is 4.26. The summed E-state index contributed by atoms with van der Waals surface area (Å²) < 4.78 is 10.2. The van der Waals surface area contributed by atoms with Gasteiger partial charge in [0, 0.05) is 29.9 Å². The molecule has 2 heterocycles. The SMILES string of the molecule is COc1ccc(NC(=O)CCc2nc(-c3ccsc3)no2)c(Cl)c1. The number of aromatic nitrogens is 2. The van der Waals surface area contributed by atoms with E-state index in [1.165, 1.54) is 0 Å². The average Bonchev–Trinajstić information content (AvgIpc) is 3.26. The number of nitrogens with one attached hydrogen (secondary N) is 1. The third kappa shape index (κ3) is 3.93. The molecule has 8 heteroatoms. The second-order valence-corrected chi connectivity index (χ2v) is 6.10. The van der Waals surface area contributed by atoms with Crippen molar-refractivity contribution >= 4 is 34.5 Å². The molecule has 0 saturated heterocycles. The Kier molecular flexibility index (Phi) is 5.12. The number of amides is 1. The van der Waals surface area contributed by atoms with Crippen LogP contribution in [0.1, 0.15) is 12.3 Å². The molecule has 2 aromatic heterocycles. The van der Waals surface area contributed by atoms with Gasteiger partial charge in [0.15, 0.2) is 0 Å². The van der Waals surface area contributed by atoms with Gasteiger partial charge in [-0.15, -0.1) is 0 Å². The summed E-state index contributed by atoms with van der Waals surface area (Å²) in [6.07, 6.45) is 0.574. The molecule has 1 amide bonds. The number of aryl methyl sites for hydroxylation is 1. The first-order chi connectivity index (χ1) is 11.7. The molecule has 0 aliphatic heterocycles. The van der Waals surface area contributed by atoms with Crippen molar-refractivity contribution in [3.05, 3.63) is 45.9 Å². The molecule has 0 unspecified atom stereocenters. The summed E-state index contributed by atoms with van der Waals surface area (Å²) in [6, 6.07) is 6.98. The first kappa shape index (κ1) is 16.5. The summed E-state index contributed by atoms with van der Waals surface area (Å²) in [5, 5.41) is 11.0. The maximum Gasteiger partial charge on any atom is 0.227 e. The largest absolute Gasteiger partial charge is 0.497 e. The van der Waals surface area contributed by atoms with E-state index in [1.807, 2.05) is 16.8 Å². The van der Waals surface area contributed by atoms with E-state index in [9.17, 15) is 4.79 Å². The van der Waals surface area contributed by atoms with Crippen LogP contribution in [0.5, 0.6) is 5.75 Å². The van der Waals surface area contributed by atoms with Crippen molar-refractivity contribution in [2.45, 2.75) is 12.8 Å². The van der Waals surface area contributed by atoms with E-state index >= 15 is 0 Å². The summed E-state index contributed by atoms with van der Waals surface area (Å²) in [4.78, 5) is 16.3. The lowest BCUT2D eigenvalue weighted by atomic mass is 10.2. The number of carbonyl (C=O) groups excluding carboxylic acids is 1. The molecule has 3 rings (SSSR count). The van der Waals surface area contributed by atoms with Gasteiger partial charge in [-0.25, -0.2) is 0 Å². The van der Waals surface area contributed by atoms with E-state index in [-0.39, 0.29) is 12.3 Å². The summed E-state index contributed by atoms with van der Waals surface area (Å²) in [7, 11) is 1.55. The minimum absolute atomic E-state index is 0.183. The highest BCUT2D eigenvalue weighted by molar-refractivity contribution is 7.08. The number of anilines is 1. The van der Waals surface area contributed by atoms with Crippen LogP contribution < -0.4 is 10.1 Å². The second kappa shape index (κ2) is 7.46. The lowest BCUT2D eigenvalue weighted by Gasteiger charge is -2.08. The van der Waals surface area contributed by atoms with Crippen molar-refractivity contribution in [1.82, 2.24) is 10.1 Å². The number of thiophene rings is 1. The lowest BCUT2D eigenvalue weighted by Crippen LogP contribution is -2.12. The van der Waals surface area contributed by atoms with Gasteiger partial charge < -0.3 is 14.6 Å². The lowest BCUT2D eigenvalue weighted by molar-refractivity contribution is -0.116. The molecule has 0 aliphatic carbocycles. The molecule has 0 saturated carbocycles. The van der Waals surface area contributed by atoms with E-state index < -0.39 is 0 Å². The fraction of sp³-hybridized carbons (Fsp3) is 0.188. The maximum atomic E-state index is 12.0. The van der Waals surface area contributed by atoms with Gasteiger partial charge in [0.25, 0.3) is 0 Å². The van der Waals surface area contributed by atoms with E-state index in [4.69, 9.17) is 20.9 Å². The third-order valence-electron chi connectivity index (χ3n) is 3.26. The zero-order valence-corrected chi connectivity index (χ0v) is 14.4. The molecule has 0 aliphatic rings. The standard InChI is InChI=1S/C16H14ClN3O3S/c1-22-11-2-3-13(12(17)8-11)18-14(21)4-5-15-19-16(20-23-15)10-6-7-24-9-10/h2-3,6-9H,4-5H2,1H3,(H,18,21). The monoisotopic (exact) mass is 363 g/mol. The number of nitrogens with zero attached hydrogens (tertiary/aromatic N) is 2. The van der Waals surface area contributed by atoms with Crippen molar-refractivity contribution in [2.75, 3.05) is 12.4 Å². The Labute approximate surface area is 147 Å². The molecule has 0 fully saturated rings. The van der Waals surface area contributed by atoms with E-state index in [2.05, 4.69) is 15.5 Å². The van der Waals surface area contributed by atoms with Crippen molar-refractivity contribution in [1.29, 1.82) is 0 Å². The van der Waals surface area contributed by atoms with Gasteiger partial charge in [-0.2, -0.15) is 16.3 Å². The molecule has 1 aromatic carbocycles. The molecule has 1 N–H and O–H groups in total. The number of carbonyl (C=O) groups is 1. The van der Waals surface area contributed by atoms with Gasteiger partial charge in [0.2, 0.25) is 17.6 Å². The number of rotatable bonds is 6. The Balaban J connectivity index is 1.56. The van der Waals surface area contributed by atoms with Crippen LogP contribution in [0.2, 0.25) is 5.02 Å². The van der Waals surface area contributed by atoms with Crippen LogP contribution in [-0.4, -0.2) is 23.2 Å². The van der Waals surface area contributed by atoms with Crippen LogP contribution in [0.15, 0.2) is 39.5 Å². The Morgan fingerprint density at radius 3 is 3.00 bits per heavy atom. The highest BCUT2D eigenvalue weighted by atomic mass is 35.5. The molecule has 0 bridgehead atoms. The maximum absolute atomic E-state index is 12.0. The summed E-state index contributed by atoms with van der Waals surface area (Å²) in [6.45, 7) is 0. The number of hydrogen-bond acceptors (Lipinski definition) is 6. The van der Waals surface area contributed by atoms with E-state index in [1.54, 1.807) is 36.6 Å². The topological polar surface area (TPSA) is 77.2 Å². The van der Waals surface area contributed by atoms with Crippen LogP contribution in [-0.2, 0) is 11.2 Å². The summed E-state index contributed by atoms with van der Waals surface area (Å²) >= 11 is 7.66. The van der Waals surface area contributed by atoms with E-state index in [0.717, 1.165) is 5.56 Å².